The van der Waals surface area contributed by atoms with Crippen molar-refractivity contribution in [2.75, 3.05) is 13.1 Å². The van der Waals surface area contributed by atoms with Gasteiger partial charge < -0.3 is 0 Å². The van der Waals surface area contributed by atoms with Gasteiger partial charge in [0.15, 0.2) is 5.82 Å². The highest BCUT2D eigenvalue weighted by molar-refractivity contribution is 7.89. The molecule has 2 fully saturated rings. The molecule has 1 N–H and O–H groups in total. The maximum absolute atomic E-state index is 13.3. The van der Waals surface area contributed by atoms with Crippen LogP contribution in [0.25, 0.3) is 0 Å². The summed E-state index contributed by atoms with van der Waals surface area (Å²) < 4.78 is 29.9. The molecule has 2 aromatic heterocycles. The smallest absolute Gasteiger partial charge is 0.246 e. The minimum absolute atomic E-state index is 0.0455. The Balaban J connectivity index is 1.59. The summed E-state index contributed by atoms with van der Waals surface area (Å²) in [7, 11) is -3.57. The van der Waals surface area contributed by atoms with Crippen molar-refractivity contribution < 1.29 is 8.42 Å². The number of hydrogen-bond acceptors (Lipinski definition) is 5. The Labute approximate surface area is 154 Å². The Hall–Kier alpha value is -1.74. The molecule has 26 heavy (non-hydrogen) atoms. The summed E-state index contributed by atoms with van der Waals surface area (Å²) in [4.78, 5) is 4.99. The zero-order valence-electron chi connectivity index (χ0n) is 15.6. The van der Waals surface area contributed by atoms with Crippen LogP contribution in [0.15, 0.2) is 4.90 Å². The molecule has 2 aliphatic rings. The highest BCUT2D eigenvalue weighted by Crippen LogP contribution is 2.39. The molecule has 9 heteroatoms. The third kappa shape index (κ3) is 2.96. The minimum atomic E-state index is -3.57. The molecular weight excluding hydrogens is 352 g/mol. The van der Waals surface area contributed by atoms with Crippen LogP contribution in [0, 0.1) is 13.8 Å². The molecule has 1 saturated carbocycles. The first-order valence-corrected chi connectivity index (χ1v) is 10.8. The van der Waals surface area contributed by atoms with Gasteiger partial charge in [-0.2, -0.15) is 14.5 Å². The van der Waals surface area contributed by atoms with Gasteiger partial charge in [-0.1, -0.05) is 0 Å². The third-order valence-corrected chi connectivity index (χ3v) is 7.56. The summed E-state index contributed by atoms with van der Waals surface area (Å²) in [5.41, 5.74) is 1.28. The molecule has 1 aliphatic carbocycles. The van der Waals surface area contributed by atoms with Gasteiger partial charge in [-0.25, -0.2) is 13.4 Å². The fraction of sp³-hybridized carbons (Fsp3) is 0.706. The number of nitrogens with one attached hydrogen (secondary N) is 1. The molecule has 142 valence electrons. The molecule has 1 aliphatic heterocycles. The number of rotatable bonds is 5. The zero-order chi connectivity index (χ0) is 18.5. The Morgan fingerprint density at radius 1 is 1.19 bits per heavy atom. The second-order valence-corrected chi connectivity index (χ2v) is 9.25. The van der Waals surface area contributed by atoms with Crippen molar-refractivity contribution in [3.05, 3.63) is 23.0 Å². The number of hydrogen-bond donors (Lipinski definition) is 1. The summed E-state index contributed by atoms with van der Waals surface area (Å²) in [6.07, 6.45) is 4.07. The van der Waals surface area contributed by atoms with E-state index in [-0.39, 0.29) is 5.92 Å². The van der Waals surface area contributed by atoms with Crippen molar-refractivity contribution in [1.82, 2.24) is 29.3 Å². The molecule has 3 heterocycles. The van der Waals surface area contributed by atoms with Crippen molar-refractivity contribution >= 4 is 10.0 Å². The Bertz CT molecular complexity index is 912. The highest BCUT2D eigenvalue weighted by Gasteiger charge is 2.36. The van der Waals surface area contributed by atoms with Gasteiger partial charge >= 0.3 is 0 Å². The largest absolute Gasteiger partial charge is 0.268 e. The first kappa shape index (κ1) is 17.7. The molecule has 0 unspecified atom stereocenters. The predicted molar refractivity (Wildman–Crippen MR) is 96.5 cm³/mol. The molecule has 0 radical (unpaired) electrons. The molecule has 2 aromatic rings. The van der Waals surface area contributed by atoms with Gasteiger partial charge in [0.1, 0.15) is 10.7 Å². The van der Waals surface area contributed by atoms with E-state index in [2.05, 4.69) is 20.3 Å². The van der Waals surface area contributed by atoms with E-state index in [0.29, 0.717) is 41.8 Å². The summed E-state index contributed by atoms with van der Waals surface area (Å²) in [6, 6.07) is 0. The first-order valence-electron chi connectivity index (χ1n) is 9.38. The predicted octanol–water partition coefficient (Wildman–Crippen LogP) is 2.08. The molecule has 1 atom stereocenters. The highest BCUT2D eigenvalue weighted by atomic mass is 32.2. The maximum Gasteiger partial charge on any atom is 0.246 e. The minimum Gasteiger partial charge on any atom is -0.268 e. The van der Waals surface area contributed by atoms with Crippen LogP contribution in [-0.4, -0.2) is 50.8 Å². The van der Waals surface area contributed by atoms with Crippen LogP contribution in [0.1, 0.15) is 67.5 Å². The van der Waals surface area contributed by atoms with Gasteiger partial charge in [-0.05, 0) is 46.5 Å². The number of piperidine rings is 1. The van der Waals surface area contributed by atoms with Crippen molar-refractivity contribution in [3.63, 3.8) is 0 Å². The van der Waals surface area contributed by atoms with Crippen LogP contribution in [0.2, 0.25) is 0 Å². The standard InChI is InChI=1S/C17H26N6O2S/c1-4-23-12(3)15(11(2)21-23)26(24,25)22-9-5-6-14(10-22)17-18-16(19-20-17)13-7-8-13/h13-14H,4-10H2,1-3H3,(H,18,19,20)/t14-/m1/s1. The van der Waals surface area contributed by atoms with Crippen LogP contribution in [0.3, 0.4) is 0 Å². The number of nitrogens with zero attached hydrogens (tertiary/aromatic N) is 5. The number of H-pyrrole nitrogens is 1. The van der Waals surface area contributed by atoms with Gasteiger partial charge in [0.05, 0.1) is 11.4 Å². The molecule has 8 nitrogen and oxygen atoms in total. The first-order chi connectivity index (χ1) is 12.4. The zero-order valence-corrected chi connectivity index (χ0v) is 16.4. The lowest BCUT2D eigenvalue weighted by Gasteiger charge is -2.30. The summed E-state index contributed by atoms with van der Waals surface area (Å²) >= 11 is 0. The van der Waals surface area contributed by atoms with E-state index in [1.807, 2.05) is 13.8 Å². The quantitative estimate of drug-likeness (QED) is 0.859. The monoisotopic (exact) mass is 378 g/mol. The van der Waals surface area contributed by atoms with E-state index < -0.39 is 10.0 Å². The molecule has 0 aromatic carbocycles. The summed E-state index contributed by atoms with van der Waals surface area (Å²) in [5, 5.41) is 11.8. The van der Waals surface area contributed by atoms with Crippen LogP contribution >= 0.6 is 0 Å². The Morgan fingerprint density at radius 2 is 1.96 bits per heavy atom. The lowest BCUT2D eigenvalue weighted by molar-refractivity contribution is 0.309. The molecule has 0 amide bonds. The van der Waals surface area contributed by atoms with Crippen molar-refractivity contribution in [2.24, 2.45) is 0 Å². The fourth-order valence-electron chi connectivity index (χ4n) is 3.87. The third-order valence-electron chi connectivity index (χ3n) is 5.45. The van der Waals surface area contributed by atoms with Gasteiger partial charge in [0.2, 0.25) is 10.0 Å². The van der Waals surface area contributed by atoms with Crippen molar-refractivity contribution in [1.29, 1.82) is 0 Å². The average molecular weight is 379 g/mol. The second-order valence-electron chi connectivity index (χ2n) is 7.37. The van der Waals surface area contributed by atoms with Gasteiger partial charge in [-0.3, -0.25) is 9.78 Å². The van der Waals surface area contributed by atoms with E-state index in [1.165, 1.54) is 12.8 Å². The molecule has 0 spiro atoms. The van der Waals surface area contributed by atoms with E-state index in [1.54, 1.807) is 15.9 Å². The van der Waals surface area contributed by atoms with Crippen LogP contribution < -0.4 is 0 Å². The Morgan fingerprint density at radius 3 is 2.62 bits per heavy atom. The lowest BCUT2D eigenvalue weighted by Crippen LogP contribution is -2.39. The number of aromatic nitrogens is 5. The molecule has 4 rings (SSSR count). The summed E-state index contributed by atoms with van der Waals surface area (Å²) in [6.45, 7) is 7.19. The van der Waals surface area contributed by atoms with Crippen LogP contribution in [0.4, 0.5) is 0 Å². The normalized spacial score (nSPS) is 22.0. The van der Waals surface area contributed by atoms with Crippen LogP contribution in [0.5, 0.6) is 0 Å². The van der Waals surface area contributed by atoms with E-state index in [4.69, 9.17) is 0 Å². The van der Waals surface area contributed by atoms with Gasteiger partial charge in [0.25, 0.3) is 0 Å². The lowest BCUT2D eigenvalue weighted by atomic mass is 9.99. The van der Waals surface area contributed by atoms with Crippen LogP contribution in [-0.2, 0) is 16.6 Å². The maximum atomic E-state index is 13.3. The number of sulfonamides is 1. The molecular formula is C17H26N6O2S. The van der Waals surface area contributed by atoms with Gasteiger partial charge in [-0.15, -0.1) is 0 Å². The average Bonchev–Trinajstić information content (AvgIpc) is 3.27. The topological polar surface area (TPSA) is 96.8 Å². The van der Waals surface area contributed by atoms with Crippen molar-refractivity contribution in [2.45, 2.75) is 69.7 Å². The van der Waals surface area contributed by atoms with E-state index >= 15 is 0 Å². The molecule has 1 saturated heterocycles. The Kier molecular flexibility index (Phi) is 4.38. The number of aryl methyl sites for hydroxylation is 2. The fourth-order valence-corrected chi connectivity index (χ4v) is 5.77. The SMILES string of the molecule is CCn1nc(C)c(S(=O)(=O)N2CCC[C@@H](c3n[nH]c(C4CC4)n3)C2)c1C. The second kappa shape index (κ2) is 6.45. The van der Waals surface area contributed by atoms with E-state index in [0.717, 1.165) is 24.5 Å². The molecule has 0 bridgehead atoms. The van der Waals surface area contributed by atoms with E-state index in [9.17, 15) is 8.42 Å². The van der Waals surface area contributed by atoms with Crippen molar-refractivity contribution in [3.8, 4) is 0 Å². The summed E-state index contributed by atoms with van der Waals surface area (Å²) in [5.74, 6) is 2.27. The number of aromatic amines is 1. The van der Waals surface area contributed by atoms with Gasteiger partial charge in [0, 0.05) is 31.5 Å².